The first kappa shape index (κ1) is 19.0. The van der Waals surface area contributed by atoms with Crippen molar-refractivity contribution in [3.8, 4) is 5.75 Å². The molecular weight excluding hydrogens is 384 g/mol. The Hall–Kier alpha value is -2.34. The van der Waals surface area contributed by atoms with Crippen molar-refractivity contribution < 1.29 is 14.3 Å². The molecule has 0 aliphatic heterocycles. The van der Waals surface area contributed by atoms with Crippen LogP contribution in [-0.2, 0) is 9.59 Å². The van der Waals surface area contributed by atoms with Crippen LogP contribution in [0.15, 0.2) is 46.9 Å². The van der Waals surface area contributed by atoms with Crippen molar-refractivity contribution in [3.05, 3.63) is 52.5 Å². The van der Waals surface area contributed by atoms with Crippen LogP contribution in [0.3, 0.4) is 0 Å². The first-order chi connectivity index (χ1) is 12.0. The molecular formula is C19H21BrN2O3. The van der Waals surface area contributed by atoms with Gasteiger partial charge in [0.25, 0.3) is 5.91 Å². The average molecular weight is 405 g/mol. The van der Waals surface area contributed by atoms with Crippen molar-refractivity contribution in [1.29, 1.82) is 0 Å². The highest BCUT2D eigenvalue weighted by atomic mass is 79.9. The number of nitrogens with one attached hydrogen (secondary N) is 2. The number of hydrogen-bond donors (Lipinski definition) is 2. The molecule has 6 heteroatoms. The lowest BCUT2D eigenvalue weighted by molar-refractivity contribution is -0.118. The maximum atomic E-state index is 12.0. The van der Waals surface area contributed by atoms with E-state index >= 15 is 0 Å². The summed E-state index contributed by atoms with van der Waals surface area (Å²) in [6.07, 6.45) is 1.29. The highest BCUT2D eigenvalue weighted by Gasteiger charge is 2.06. The number of carbonyl (C=O) groups excluding carboxylic acids is 2. The molecule has 0 unspecified atom stereocenters. The number of benzene rings is 2. The van der Waals surface area contributed by atoms with E-state index in [0.29, 0.717) is 23.5 Å². The van der Waals surface area contributed by atoms with Gasteiger partial charge in [0.1, 0.15) is 5.75 Å². The van der Waals surface area contributed by atoms with Gasteiger partial charge in [-0.3, -0.25) is 9.59 Å². The van der Waals surface area contributed by atoms with Crippen molar-refractivity contribution in [3.63, 3.8) is 0 Å². The maximum Gasteiger partial charge on any atom is 0.262 e. The molecule has 2 rings (SSSR count). The van der Waals surface area contributed by atoms with Gasteiger partial charge in [-0.05, 0) is 61.4 Å². The Labute approximate surface area is 155 Å². The van der Waals surface area contributed by atoms with Gasteiger partial charge in [-0.25, -0.2) is 0 Å². The molecule has 132 valence electrons. The van der Waals surface area contributed by atoms with E-state index in [9.17, 15) is 9.59 Å². The molecule has 0 radical (unpaired) electrons. The number of halogens is 1. The van der Waals surface area contributed by atoms with E-state index in [1.165, 1.54) is 0 Å². The molecule has 0 aromatic heterocycles. The fourth-order valence-electron chi connectivity index (χ4n) is 2.14. The normalized spacial score (nSPS) is 10.2. The van der Waals surface area contributed by atoms with Crippen molar-refractivity contribution >= 4 is 39.1 Å². The molecule has 2 N–H and O–H groups in total. The Morgan fingerprint density at radius 2 is 1.60 bits per heavy atom. The minimum absolute atomic E-state index is 0.0162. The third-order valence-corrected chi connectivity index (χ3v) is 4.32. The molecule has 2 aromatic rings. The zero-order valence-corrected chi connectivity index (χ0v) is 15.9. The molecule has 0 bridgehead atoms. The third kappa shape index (κ3) is 6.23. The van der Waals surface area contributed by atoms with E-state index in [2.05, 4.69) is 26.6 Å². The van der Waals surface area contributed by atoms with Crippen LogP contribution in [0.25, 0.3) is 0 Å². The molecule has 5 nitrogen and oxygen atoms in total. The zero-order valence-electron chi connectivity index (χ0n) is 14.3. The number of aryl methyl sites for hydroxylation is 1. The monoisotopic (exact) mass is 404 g/mol. The molecule has 0 fully saturated rings. The molecule has 0 aliphatic carbocycles. The molecule has 0 atom stereocenters. The lowest BCUT2D eigenvalue weighted by Gasteiger charge is -2.09. The van der Waals surface area contributed by atoms with Crippen LogP contribution < -0.4 is 15.4 Å². The van der Waals surface area contributed by atoms with E-state index in [1.807, 2.05) is 26.0 Å². The van der Waals surface area contributed by atoms with Gasteiger partial charge in [-0.15, -0.1) is 0 Å². The van der Waals surface area contributed by atoms with Gasteiger partial charge >= 0.3 is 0 Å². The van der Waals surface area contributed by atoms with Gasteiger partial charge < -0.3 is 15.4 Å². The summed E-state index contributed by atoms with van der Waals surface area (Å²) in [5.41, 5.74) is 2.39. The molecule has 0 spiro atoms. The molecule has 0 saturated heterocycles. The van der Waals surface area contributed by atoms with E-state index in [1.54, 1.807) is 30.3 Å². The fourth-order valence-corrected chi connectivity index (χ4v) is 2.39. The summed E-state index contributed by atoms with van der Waals surface area (Å²) in [4.78, 5) is 23.5. The van der Waals surface area contributed by atoms with Gasteiger partial charge in [0.2, 0.25) is 5.91 Å². The van der Waals surface area contributed by atoms with E-state index < -0.39 is 0 Å². The minimum Gasteiger partial charge on any atom is -0.484 e. The molecule has 0 aliphatic rings. The van der Waals surface area contributed by atoms with Gasteiger partial charge in [-0.2, -0.15) is 0 Å². The smallest absolute Gasteiger partial charge is 0.262 e. The summed E-state index contributed by atoms with van der Waals surface area (Å²) in [5, 5.41) is 5.56. The first-order valence-electron chi connectivity index (χ1n) is 8.06. The van der Waals surface area contributed by atoms with Crippen molar-refractivity contribution in [1.82, 2.24) is 0 Å². The number of amides is 2. The lowest BCUT2D eigenvalue weighted by atomic mass is 10.2. The van der Waals surface area contributed by atoms with E-state index in [4.69, 9.17) is 4.74 Å². The Bertz CT molecular complexity index is 745. The van der Waals surface area contributed by atoms with Crippen LogP contribution in [0.2, 0.25) is 0 Å². The second kappa shape index (κ2) is 9.22. The van der Waals surface area contributed by atoms with Crippen LogP contribution in [-0.4, -0.2) is 18.4 Å². The molecule has 0 saturated carbocycles. The number of anilines is 2. The van der Waals surface area contributed by atoms with Crippen LogP contribution >= 0.6 is 15.9 Å². The second-order valence-electron chi connectivity index (χ2n) is 5.62. The highest BCUT2D eigenvalue weighted by molar-refractivity contribution is 9.10. The van der Waals surface area contributed by atoms with Crippen LogP contribution in [0.4, 0.5) is 11.4 Å². The van der Waals surface area contributed by atoms with Crippen molar-refractivity contribution in [2.45, 2.75) is 26.7 Å². The Morgan fingerprint density at radius 1 is 1.00 bits per heavy atom. The second-order valence-corrected chi connectivity index (χ2v) is 6.48. The zero-order chi connectivity index (χ0) is 18.2. The van der Waals surface area contributed by atoms with Crippen molar-refractivity contribution in [2.75, 3.05) is 17.2 Å². The predicted octanol–water partition coefficient (Wildman–Crippen LogP) is 4.51. The van der Waals surface area contributed by atoms with E-state index in [0.717, 1.165) is 16.5 Å². The van der Waals surface area contributed by atoms with Crippen LogP contribution in [0, 0.1) is 6.92 Å². The third-order valence-electron chi connectivity index (χ3n) is 3.43. The highest BCUT2D eigenvalue weighted by Crippen LogP contribution is 2.21. The quantitative estimate of drug-likeness (QED) is 0.712. The summed E-state index contributed by atoms with van der Waals surface area (Å²) in [5.74, 6) is 0.380. The minimum atomic E-state index is -0.247. The maximum absolute atomic E-state index is 12.0. The number of ether oxygens (including phenoxy) is 1. The SMILES string of the molecule is CCCC(=O)Nc1ccc(NC(=O)COc2ccc(Br)c(C)c2)cc1. The summed E-state index contributed by atoms with van der Waals surface area (Å²) in [6.45, 7) is 3.84. The number of hydrogen-bond acceptors (Lipinski definition) is 3. The van der Waals surface area contributed by atoms with Gasteiger partial charge in [0.15, 0.2) is 6.61 Å². The van der Waals surface area contributed by atoms with Gasteiger partial charge in [0.05, 0.1) is 0 Å². The molecule has 25 heavy (non-hydrogen) atoms. The number of rotatable bonds is 7. The van der Waals surface area contributed by atoms with E-state index in [-0.39, 0.29) is 18.4 Å². The molecule has 2 aromatic carbocycles. The summed E-state index contributed by atoms with van der Waals surface area (Å²) in [7, 11) is 0. The summed E-state index contributed by atoms with van der Waals surface area (Å²) in [6, 6.07) is 12.5. The Balaban J connectivity index is 1.83. The number of carbonyl (C=O) groups is 2. The Kier molecular flexibility index (Phi) is 7.01. The fraction of sp³-hybridized carbons (Fsp3) is 0.263. The van der Waals surface area contributed by atoms with Crippen molar-refractivity contribution in [2.24, 2.45) is 0 Å². The average Bonchev–Trinajstić information content (AvgIpc) is 2.58. The molecule has 2 amide bonds. The van der Waals surface area contributed by atoms with Crippen LogP contribution in [0.5, 0.6) is 5.75 Å². The Morgan fingerprint density at radius 3 is 2.16 bits per heavy atom. The summed E-state index contributed by atoms with van der Waals surface area (Å²) >= 11 is 3.42. The largest absolute Gasteiger partial charge is 0.484 e. The van der Waals surface area contributed by atoms with Crippen LogP contribution in [0.1, 0.15) is 25.3 Å². The van der Waals surface area contributed by atoms with Gasteiger partial charge in [-0.1, -0.05) is 22.9 Å². The van der Waals surface area contributed by atoms with Gasteiger partial charge in [0, 0.05) is 22.3 Å². The topological polar surface area (TPSA) is 67.4 Å². The predicted molar refractivity (Wildman–Crippen MR) is 103 cm³/mol. The first-order valence-corrected chi connectivity index (χ1v) is 8.86. The molecule has 0 heterocycles. The summed E-state index contributed by atoms with van der Waals surface area (Å²) < 4.78 is 6.48. The lowest BCUT2D eigenvalue weighted by Crippen LogP contribution is -2.20. The standard InChI is InChI=1S/C19H21BrN2O3/c1-3-4-18(23)21-14-5-7-15(8-6-14)22-19(24)12-25-16-9-10-17(20)13(2)11-16/h5-11H,3-4,12H2,1-2H3,(H,21,23)(H,22,24).